The fourth-order valence-electron chi connectivity index (χ4n) is 2.41. The Labute approximate surface area is 135 Å². The minimum Gasteiger partial charge on any atom is -0.468 e. The summed E-state index contributed by atoms with van der Waals surface area (Å²) in [4.78, 5) is 4.42. The average molecular weight is 318 g/mol. The second-order valence-corrected chi connectivity index (χ2v) is 6.59. The zero-order valence-electron chi connectivity index (χ0n) is 14.0. The van der Waals surface area contributed by atoms with E-state index in [1.165, 1.54) is 19.2 Å². The maximum Gasteiger partial charge on any atom is 0.516 e. The first-order chi connectivity index (χ1) is 10.7. The Morgan fingerprint density at radius 1 is 1.17 bits per heavy atom. The molecule has 0 spiro atoms. The van der Waals surface area contributed by atoms with Gasteiger partial charge in [-0.15, -0.1) is 0 Å². The molecule has 1 aromatic heterocycles. The molecule has 2 aromatic rings. The first kappa shape index (κ1) is 16.0. The average Bonchev–Trinajstić information content (AvgIpc) is 2.98. The Kier molecular flexibility index (Phi) is 3.73. The predicted octanol–water partition coefficient (Wildman–Crippen LogP) is 2.32. The lowest BCUT2D eigenvalue weighted by molar-refractivity contribution is 0.00578. The molecule has 5 nitrogen and oxygen atoms in total. The number of nitrogens with zero attached hydrogens (tertiary/aromatic N) is 2. The van der Waals surface area contributed by atoms with E-state index in [9.17, 15) is 4.39 Å². The van der Waals surface area contributed by atoms with Crippen molar-refractivity contribution in [2.24, 2.45) is 0 Å². The molecule has 1 aliphatic rings. The Morgan fingerprint density at radius 2 is 1.83 bits per heavy atom. The number of aromatic nitrogens is 2. The van der Waals surface area contributed by atoms with Gasteiger partial charge in [-0.2, -0.15) is 0 Å². The van der Waals surface area contributed by atoms with Crippen LogP contribution in [0.15, 0.2) is 30.5 Å². The first-order valence-electron chi connectivity index (χ1n) is 7.48. The van der Waals surface area contributed by atoms with E-state index in [2.05, 4.69) is 4.98 Å². The molecule has 0 unspecified atom stereocenters. The first-order valence-corrected chi connectivity index (χ1v) is 7.48. The molecular formula is C16H20BFN2O3. The van der Waals surface area contributed by atoms with Crippen molar-refractivity contribution >= 4 is 12.7 Å². The van der Waals surface area contributed by atoms with E-state index in [1.807, 2.05) is 27.7 Å². The van der Waals surface area contributed by atoms with Crippen molar-refractivity contribution in [3.63, 3.8) is 0 Å². The minimum absolute atomic E-state index is 0.324. The fraction of sp³-hybridized carbons (Fsp3) is 0.438. The van der Waals surface area contributed by atoms with Crippen LogP contribution in [-0.2, 0) is 9.31 Å². The van der Waals surface area contributed by atoms with Gasteiger partial charge in [0.1, 0.15) is 5.82 Å². The van der Waals surface area contributed by atoms with Crippen LogP contribution in [0.2, 0.25) is 0 Å². The zero-order chi connectivity index (χ0) is 16.8. The van der Waals surface area contributed by atoms with Crippen molar-refractivity contribution in [1.82, 2.24) is 9.55 Å². The van der Waals surface area contributed by atoms with Gasteiger partial charge in [0.05, 0.1) is 29.6 Å². The summed E-state index contributed by atoms with van der Waals surface area (Å²) in [6, 6.07) is 6.57. The highest BCUT2D eigenvalue weighted by molar-refractivity contribution is 6.61. The number of benzene rings is 1. The normalized spacial score (nSPS) is 19.1. The lowest BCUT2D eigenvalue weighted by Gasteiger charge is -2.32. The Bertz CT molecular complexity index is 714. The summed E-state index contributed by atoms with van der Waals surface area (Å²) in [6.07, 6.45) is 1.75. The third kappa shape index (κ3) is 2.75. The van der Waals surface area contributed by atoms with Crippen molar-refractivity contribution < 1.29 is 18.4 Å². The quantitative estimate of drug-likeness (QED) is 0.815. The third-order valence-corrected chi connectivity index (χ3v) is 4.46. The monoisotopic (exact) mass is 318 g/mol. The van der Waals surface area contributed by atoms with Crippen LogP contribution in [-0.4, -0.2) is 35.0 Å². The van der Waals surface area contributed by atoms with Crippen molar-refractivity contribution in [1.29, 1.82) is 0 Å². The van der Waals surface area contributed by atoms with Gasteiger partial charge in [-0.25, -0.2) is 9.37 Å². The van der Waals surface area contributed by atoms with Gasteiger partial charge in [-0.1, -0.05) is 6.07 Å². The van der Waals surface area contributed by atoms with E-state index in [0.717, 1.165) is 0 Å². The van der Waals surface area contributed by atoms with Crippen LogP contribution in [0.1, 0.15) is 27.7 Å². The number of halogens is 1. The molecule has 122 valence electrons. The number of imidazole rings is 1. The summed E-state index contributed by atoms with van der Waals surface area (Å²) in [6.45, 7) is 7.92. The summed E-state index contributed by atoms with van der Waals surface area (Å²) in [5.41, 5.74) is 0.308. The molecule has 3 rings (SSSR count). The summed E-state index contributed by atoms with van der Waals surface area (Å²) in [5, 5.41) is 0. The van der Waals surface area contributed by atoms with Gasteiger partial charge in [0.15, 0.2) is 0 Å². The molecule has 0 radical (unpaired) electrons. The summed E-state index contributed by atoms with van der Waals surface area (Å²) >= 11 is 0. The number of hydrogen-bond donors (Lipinski definition) is 0. The maximum atomic E-state index is 13.5. The van der Waals surface area contributed by atoms with Gasteiger partial charge in [0.25, 0.3) is 6.01 Å². The van der Waals surface area contributed by atoms with Crippen LogP contribution in [0, 0.1) is 5.82 Å². The van der Waals surface area contributed by atoms with Crippen LogP contribution in [0.5, 0.6) is 6.01 Å². The largest absolute Gasteiger partial charge is 0.516 e. The predicted molar refractivity (Wildman–Crippen MR) is 85.8 cm³/mol. The van der Waals surface area contributed by atoms with Gasteiger partial charge in [-0.3, -0.25) is 4.57 Å². The van der Waals surface area contributed by atoms with Crippen LogP contribution in [0.4, 0.5) is 4.39 Å². The molecule has 0 atom stereocenters. The van der Waals surface area contributed by atoms with Gasteiger partial charge >= 0.3 is 7.12 Å². The molecule has 0 N–H and O–H groups in total. The lowest BCUT2D eigenvalue weighted by Crippen LogP contribution is -2.41. The Balaban J connectivity index is 1.98. The highest BCUT2D eigenvalue weighted by atomic mass is 19.1. The van der Waals surface area contributed by atoms with E-state index >= 15 is 0 Å². The second kappa shape index (κ2) is 5.35. The van der Waals surface area contributed by atoms with Gasteiger partial charge in [0.2, 0.25) is 0 Å². The number of hydrogen-bond acceptors (Lipinski definition) is 4. The van der Waals surface area contributed by atoms with Crippen molar-refractivity contribution in [2.45, 2.75) is 38.9 Å². The van der Waals surface area contributed by atoms with Gasteiger partial charge in [-0.05, 0) is 45.9 Å². The van der Waals surface area contributed by atoms with E-state index in [-0.39, 0.29) is 5.82 Å². The Morgan fingerprint density at radius 3 is 2.39 bits per heavy atom. The highest BCUT2D eigenvalue weighted by Crippen LogP contribution is 2.36. The summed E-state index contributed by atoms with van der Waals surface area (Å²) in [7, 11) is 0.926. The molecule has 1 aliphatic heterocycles. The molecule has 0 saturated carbocycles. The maximum absolute atomic E-state index is 13.5. The molecule has 23 heavy (non-hydrogen) atoms. The molecule has 0 bridgehead atoms. The van der Waals surface area contributed by atoms with E-state index in [4.69, 9.17) is 14.0 Å². The molecule has 7 heteroatoms. The lowest BCUT2D eigenvalue weighted by atomic mass is 9.86. The Hall–Kier alpha value is -1.86. The number of ether oxygens (including phenoxy) is 1. The van der Waals surface area contributed by atoms with E-state index in [1.54, 1.807) is 22.9 Å². The fourth-order valence-corrected chi connectivity index (χ4v) is 2.41. The minimum atomic E-state index is -0.594. The molecule has 1 fully saturated rings. The summed E-state index contributed by atoms with van der Waals surface area (Å²) in [5.74, 6) is -0.324. The molecule has 1 saturated heterocycles. The van der Waals surface area contributed by atoms with Gasteiger partial charge in [0, 0.05) is 6.20 Å². The smallest absolute Gasteiger partial charge is 0.468 e. The second-order valence-electron chi connectivity index (χ2n) is 6.59. The van der Waals surface area contributed by atoms with Crippen molar-refractivity contribution in [2.75, 3.05) is 7.11 Å². The third-order valence-electron chi connectivity index (χ3n) is 4.46. The molecular weight excluding hydrogens is 298 g/mol. The van der Waals surface area contributed by atoms with E-state index in [0.29, 0.717) is 17.3 Å². The molecule has 1 aromatic carbocycles. The molecule has 0 aliphatic carbocycles. The zero-order valence-corrected chi connectivity index (χ0v) is 14.0. The topological polar surface area (TPSA) is 45.5 Å². The molecule has 0 amide bonds. The van der Waals surface area contributed by atoms with Crippen LogP contribution >= 0.6 is 0 Å². The SMILES string of the molecule is COc1nc(B2OC(C)(C)C(C)(C)O2)cn1-c1cccc(F)c1. The summed E-state index contributed by atoms with van der Waals surface area (Å²) < 4.78 is 32.4. The van der Waals surface area contributed by atoms with Crippen LogP contribution in [0.25, 0.3) is 5.69 Å². The number of rotatable bonds is 3. The molecule has 2 heterocycles. The van der Waals surface area contributed by atoms with E-state index < -0.39 is 18.3 Å². The van der Waals surface area contributed by atoms with Crippen LogP contribution < -0.4 is 10.3 Å². The van der Waals surface area contributed by atoms with Crippen molar-refractivity contribution in [3.8, 4) is 11.7 Å². The standard InChI is InChI=1S/C16H20BFN2O3/c1-15(2)16(3,4)23-17(22-15)13-10-20(14(19-13)21-5)12-8-6-7-11(18)9-12/h6-10H,1-5H3. The number of methoxy groups -OCH3 is 1. The highest BCUT2D eigenvalue weighted by Gasteiger charge is 2.52. The van der Waals surface area contributed by atoms with Crippen molar-refractivity contribution in [3.05, 3.63) is 36.3 Å². The van der Waals surface area contributed by atoms with Gasteiger partial charge < -0.3 is 14.0 Å². The van der Waals surface area contributed by atoms with Crippen LogP contribution in [0.3, 0.4) is 0 Å².